The molecular formula is C27H34N4O4. The van der Waals surface area contributed by atoms with E-state index in [2.05, 4.69) is 10.3 Å². The lowest BCUT2D eigenvalue weighted by molar-refractivity contribution is -0.131. The molecule has 0 bridgehead atoms. The van der Waals surface area contributed by atoms with Gasteiger partial charge in [-0.15, -0.1) is 0 Å². The smallest absolute Gasteiger partial charge is 0.251 e. The fourth-order valence-corrected chi connectivity index (χ4v) is 4.98. The number of aliphatic hydroxyl groups is 1. The van der Waals surface area contributed by atoms with E-state index in [4.69, 9.17) is 10.5 Å². The van der Waals surface area contributed by atoms with Crippen LogP contribution >= 0.6 is 0 Å². The zero-order valence-electron chi connectivity index (χ0n) is 20.5. The monoisotopic (exact) mass is 478 g/mol. The molecule has 1 heterocycles. The lowest BCUT2D eigenvalue weighted by Crippen LogP contribution is -2.52. The summed E-state index contributed by atoms with van der Waals surface area (Å²) < 4.78 is 5.30. The number of fused-ring (bicyclic) bond motifs is 1. The minimum Gasteiger partial charge on any atom is -0.390 e. The van der Waals surface area contributed by atoms with Crippen molar-refractivity contribution < 1.29 is 19.4 Å². The Kier molecular flexibility index (Phi) is 7.23. The van der Waals surface area contributed by atoms with Crippen molar-refractivity contribution >= 4 is 17.8 Å². The molecule has 0 radical (unpaired) electrons. The summed E-state index contributed by atoms with van der Waals surface area (Å²) in [6, 6.07) is 14.0. The van der Waals surface area contributed by atoms with E-state index < -0.39 is 23.7 Å². The second-order valence-corrected chi connectivity index (χ2v) is 9.61. The molecule has 0 fully saturated rings. The number of nitrogens with two attached hydrogens (primary N) is 1. The van der Waals surface area contributed by atoms with Gasteiger partial charge >= 0.3 is 0 Å². The normalized spacial score (nSPS) is 24.6. The lowest BCUT2D eigenvalue weighted by atomic mass is 9.91. The zero-order chi connectivity index (χ0) is 25.2. The number of hydrogen-bond donors (Lipinski definition) is 3. The van der Waals surface area contributed by atoms with Crippen LogP contribution in [0.15, 0.2) is 53.5 Å². The molecule has 0 aromatic heterocycles. The quantitative estimate of drug-likeness (QED) is 0.539. The van der Waals surface area contributed by atoms with Gasteiger partial charge in [-0.05, 0) is 48.6 Å². The zero-order valence-corrected chi connectivity index (χ0v) is 20.5. The lowest BCUT2D eigenvalue weighted by Gasteiger charge is -2.39. The van der Waals surface area contributed by atoms with Crippen LogP contribution in [0, 0.1) is 0 Å². The number of nitrogens with zero attached hydrogens (tertiary/aromatic N) is 2. The van der Waals surface area contributed by atoms with Gasteiger partial charge < -0.3 is 20.9 Å². The molecule has 0 spiro atoms. The minimum absolute atomic E-state index is 0.0940. The molecule has 0 saturated heterocycles. The average Bonchev–Trinajstić information content (AvgIpc) is 3.15. The van der Waals surface area contributed by atoms with Gasteiger partial charge in [0.05, 0.1) is 30.1 Å². The summed E-state index contributed by atoms with van der Waals surface area (Å²) >= 11 is 0. The Morgan fingerprint density at radius 3 is 2.80 bits per heavy atom. The van der Waals surface area contributed by atoms with Crippen LogP contribution in [0.4, 0.5) is 0 Å². The molecule has 186 valence electrons. The number of aliphatic imine (C=N–C) groups is 1. The maximum absolute atomic E-state index is 13.2. The summed E-state index contributed by atoms with van der Waals surface area (Å²) in [4.78, 5) is 32.5. The van der Waals surface area contributed by atoms with Gasteiger partial charge in [0.25, 0.3) is 5.91 Å². The molecule has 35 heavy (non-hydrogen) atoms. The van der Waals surface area contributed by atoms with Crippen LogP contribution in [-0.2, 0) is 16.0 Å². The summed E-state index contributed by atoms with van der Waals surface area (Å²) in [6.45, 7) is 4.33. The molecule has 2 aliphatic rings. The van der Waals surface area contributed by atoms with Gasteiger partial charge in [-0.25, -0.2) is 4.99 Å². The maximum Gasteiger partial charge on any atom is 0.251 e. The van der Waals surface area contributed by atoms with Crippen LogP contribution in [0.25, 0.3) is 0 Å². The summed E-state index contributed by atoms with van der Waals surface area (Å²) in [7, 11) is 1.61. The SMILES string of the molecule is CCC1(C)CC(=O)N(C(CCOC)c2cccc(C(=O)N[C@@H]3c4ccccc4C[C@H]3O)c2)C(N)=N1. The third kappa shape index (κ3) is 5.09. The van der Waals surface area contributed by atoms with Crippen molar-refractivity contribution in [3.8, 4) is 0 Å². The van der Waals surface area contributed by atoms with Gasteiger partial charge in [-0.2, -0.15) is 0 Å². The third-order valence-corrected chi connectivity index (χ3v) is 7.12. The first kappa shape index (κ1) is 24.9. The highest BCUT2D eigenvalue weighted by molar-refractivity contribution is 5.99. The van der Waals surface area contributed by atoms with E-state index in [0.717, 1.165) is 16.7 Å². The first-order valence-electron chi connectivity index (χ1n) is 12.1. The Labute approximate surface area is 206 Å². The fraction of sp³-hybridized carbons (Fsp3) is 0.444. The molecule has 1 aliphatic heterocycles. The predicted molar refractivity (Wildman–Crippen MR) is 134 cm³/mol. The fourth-order valence-electron chi connectivity index (χ4n) is 4.98. The van der Waals surface area contributed by atoms with Crippen molar-refractivity contribution in [1.29, 1.82) is 0 Å². The first-order valence-corrected chi connectivity index (χ1v) is 12.1. The van der Waals surface area contributed by atoms with E-state index in [1.54, 1.807) is 25.3 Å². The van der Waals surface area contributed by atoms with Gasteiger partial charge in [0.1, 0.15) is 0 Å². The van der Waals surface area contributed by atoms with E-state index >= 15 is 0 Å². The third-order valence-electron chi connectivity index (χ3n) is 7.12. The molecule has 4 atom stereocenters. The van der Waals surface area contributed by atoms with Gasteiger partial charge in [-0.3, -0.25) is 14.5 Å². The highest BCUT2D eigenvalue weighted by Crippen LogP contribution is 2.34. The molecule has 2 unspecified atom stereocenters. The number of ether oxygens (including phenoxy) is 1. The summed E-state index contributed by atoms with van der Waals surface area (Å²) in [5, 5.41) is 13.5. The molecule has 1 aliphatic carbocycles. The number of guanidine groups is 1. The number of carbonyl (C=O) groups excluding carboxylic acids is 2. The standard InChI is InChI=1S/C27H34N4O4/c1-4-27(2)16-23(33)31(26(28)30-27)21(12-13-35-3)18-9-7-10-19(14-18)25(34)29-24-20-11-6-5-8-17(20)15-22(24)32/h5-11,14,21-22,24,32H,4,12-13,15-16H2,1-3H3,(H2,28,30)(H,29,34)/t21?,22-,24-,27?/m1/s1. The predicted octanol–water partition coefficient (Wildman–Crippen LogP) is 2.87. The van der Waals surface area contributed by atoms with Crippen molar-refractivity contribution in [2.24, 2.45) is 10.7 Å². The Morgan fingerprint density at radius 1 is 1.31 bits per heavy atom. The molecular weight excluding hydrogens is 444 g/mol. The second kappa shape index (κ2) is 10.2. The van der Waals surface area contributed by atoms with E-state index in [1.165, 1.54) is 4.90 Å². The van der Waals surface area contributed by atoms with Crippen LogP contribution < -0.4 is 11.1 Å². The molecule has 4 N–H and O–H groups in total. The summed E-state index contributed by atoms with van der Waals surface area (Å²) in [5.74, 6) is -0.195. The molecule has 2 amide bonds. The van der Waals surface area contributed by atoms with E-state index in [0.29, 0.717) is 31.4 Å². The molecule has 2 aromatic rings. The van der Waals surface area contributed by atoms with Gasteiger partial charge in [-0.1, -0.05) is 43.3 Å². The maximum atomic E-state index is 13.2. The molecule has 4 rings (SSSR count). The van der Waals surface area contributed by atoms with Gasteiger partial charge in [0.2, 0.25) is 5.91 Å². The van der Waals surface area contributed by atoms with Crippen LogP contribution in [0.2, 0.25) is 0 Å². The number of amides is 2. The van der Waals surface area contributed by atoms with E-state index in [1.807, 2.05) is 44.2 Å². The van der Waals surface area contributed by atoms with Crippen molar-refractivity contribution in [3.63, 3.8) is 0 Å². The molecule has 2 aromatic carbocycles. The van der Waals surface area contributed by atoms with Gasteiger partial charge in [0, 0.05) is 25.7 Å². The van der Waals surface area contributed by atoms with Crippen molar-refractivity contribution in [1.82, 2.24) is 10.2 Å². The Balaban J connectivity index is 1.60. The minimum atomic E-state index is -0.677. The Hall–Kier alpha value is -3.23. The Morgan fingerprint density at radius 2 is 2.09 bits per heavy atom. The van der Waals surface area contributed by atoms with Crippen LogP contribution in [0.3, 0.4) is 0 Å². The van der Waals surface area contributed by atoms with Crippen molar-refractivity contribution in [2.45, 2.75) is 63.3 Å². The van der Waals surface area contributed by atoms with Crippen molar-refractivity contribution in [2.75, 3.05) is 13.7 Å². The average molecular weight is 479 g/mol. The number of benzene rings is 2. The summed E-state index contributed by atoms with van der Waals surface area (Å²) in [6.07, 6.45) is 1.31. The molecule has 8 heteroatoms. The number of rotatable bonds is 8. The number of methoxy groups -OCH3 is 1. The van der Waals surface area contributed by atoms with Gasteiger partial charge in [0.15, 0.2) is 5.96 Å². The van der Waals surface area contributed by atoms with Crippen molar-refractivity contribution in [3.05, 3.63) is 70.8 Å². The van der Waals surface area contributed by atoms with E-state index in [9.17, 15) is 14.7 Å². The summed E-state index contributed by atoms with van der Waals surface area (Å²) in [5.41, 5.74) is 8.98. The number of carbonyl (C=O) groups is 2. The number of hydrogen-bond acceptors (Lipinski definition) is 6. The number of aliphatic hydroxyl groups excluding tert-OH is 1. The second-order valence-electron chi connectivity index (χ2n) is 9.61. The van der Waals surface area contributed by atoms with Crippen LogP contribution in [-0.4, -0.2) is 53.1 Å². The van der Waals surface area contributed by atoms with Crippen LogP contribution in [0.5, 0.6) is 0 Å². The molecule has 8 nitrogen and oxygen atoms in total. The largest absolute Gasteiger partial charge is 0.390 e. The molecule has 0 saturated carbocycles. The topological polar surface area (TPSA) is 117 Å². The number of nitrogens with one attached hydrogen (secondary N) is 1. The van der Waals surface area contributed by atoms with E-state index in [-0.39, 0.29) is 24.2 Å². The van der Waals surface area contributed by atoms with Crippen LogP contribution in [0.1, 0.15) is 72.2 Å². The highest BCUT2D eigenvalue weighted by atomic mass is 16.5. The highest BCUT2D eigenvalue weighted by Gasteiger charge is 2.39. The Bertz CT molecular complexity index is 1130. The first-order chi connectivity index (χ1) is 16.8.